The third-order valence-corrected chi connectivity index (χ3v) is 8.31. The van der Waals surface area contributed by atoms with Gasteiger partial charge in [0.2, 0.25) is 0 Å². The van der Waals surface area contributed by atoms with Crippen LogP contribution in [0.15, 0.2) is 69.6 Å². The van der Waals surface area contributed by atoms with Crippen LogP contribution in [0.1, 0.15) is 54.9 Å². The Morgan fingerprint density at radius 3 is 2.54 bits per heavy atom. The second kappa shape index (κ2) is 11.2. The molecule has 5 rings (SSSR count). The van der Waals surface area contributed by atoms with Gasteiger partial charge >= 0.3 is 5.97 Å². The van der Waals surface area contributed by atoms with E-state index < -0.39 is 12.0 Å². The number of ether oxygens (including phenoxy) is 2. The van der Waals surface area contributed by atoms with E-state index in [1.165, 1.54) is 16.9 Å². The van der Waals surface area contributed by atoms with Crippen LogP contribution in [0.25, 0.3) is 11.8 Å². The highest BCUT2D eigenvalue weighted by molar-refractivity contribution is 7.07. The predicted molar refractivity (Wildman–Crippen MR) is 163 cm³/mol. The molecular weight excluding hydrogens is 558 g/mol. The molecule has 1 atom stereocenters. The second-order valence-electron chi connectivity index (χ2n) is 10.4. The zero-order valence-corrected chi connectivity index (χ0v) is 25.7. The number of aromatic nitrogens is 2. The number of allylic oxidation sites excluding steroid dienone is 1. The summed E-state index contributed by atoms with van der Waals surface area (Å²) in [6, 6.07) is 14.7. The fraction of sp³-hybridized carbons (Fsp3) is 0.281. The quantitative estimate of drug-likeness (QED) is 0.276. The normalized spacial score (nSPS) is 15.2. The lowest BCUT2D eigenvalue weighted by Crippen LogP contribution is -2.40. The zero-order chi connectivity index (χ0) is 29.6. The molecular formula is C32H32ClN3O4S. The number of halogens is 1. The van der Waals surface area contributed by atoms with Gasteiger partial charge in [0, 0.05) is 27.7 Å². The number of hydrogen-bond acceptors (Lipinski definition) is 6. The van der Waals surface area contributed by atoms with Crippen LogP contribution in [0, 0.1) is 20.8 Å². The summed E-state index contributed by atoms with van der Waals surface area (Å²) in [5.41, 5.74) is 6.32. The van der Waals surface area contributed by atoms with Crippen molar-refractivity contribution in [2.45, 2.75) is 53.7 Å². The first kappa shape index (κ1) is 28.6. The van der Waals surface area contributed by atoms with Gasteiger partial charge in [0.25, 0.3) is 5.56 Å². The number of aryl methyl sites for hydroxylation is 2. The minimum absolute atomic E-state index is 0.261. The number of esters is 1. The molecule has 9 heteroatoms. The van der Waals surface area contributed by atoms with Gasteiger partial charge in [-0.2, -0.15) is 0 Å². The van der Waals surface area contributed by atoms with Crippen LogP contribution in [0.4, 0.5) is 0 Å². The molecule has 0 unspecified atom stereocenters. The van der Waals surface area contributed by atoms with Gasteiger partial charge in [0.05, 0.1) is 29.0 Å². The third-order valence-electron chi connectivity index (χ3n) is 7.09. The van der Waals surface area contributed by atoms with Gasteiger partial charge in [0.15, 0.2) is 4.80 Å². The minimum Gasteiger partial charge on any atom is -0.496 e. The van der Waals surface area contributed by atoms with Crippen LogP contribution in [0.5, 0.6) is 5.75 Å². The summed E-state index contributed by atoms with van der Waals surface area (Å²) in [7, 11) is 1.54. The zero-order valence-electron chi connectivity index (χ0n) is 24.1. The first-order chi connectivity index (χ1) is 19.5. The summed E-state index contributed by atoms with van der Waals surface area (Å²) in [4.78, 5) is 32.7. The van der Waals surface area contributed by atoms with Crippen molar-refractivity contribution in [1.82, 2.24) is 9.13 Å². The molecule has 0 saturated heterocycles. The number of rotatable bonds is 6. The SMILES string of the molecule is COc1ccc(Cl)cc1[C@H]1C(C(=O)OC(C)C)=C(C)N=c2s/c(=C\c3cc(C)n(-c4cccc(C)c4)c3C)c(=O)n21. The molecule has 0 radical (unpaired) electrons. The number of fused-ring (bicyclic) bond motifs is 1. The number of nitrogens with zero attached hydrogens (tertiary/aromatic N) is 3. The molecule has 7 nitrogen and oxygen atoms in total. The minimum atomic E-state index is -0.826. The molecule has 2 aromatic carbocycles. The van der Waals surface area contributed by atoms with E-state index in [2.05, 4.69) is 42.7 Å². The molecule has 212 valence electrons. The summed E-state index contributed by atoms with van der Waals surface area (Å²) < 4.78 is 15.5. The van der Waals surface area contributed by atoms with E-state index >= 15 is 0 Å². The Balaban J connectivity index is 1.73. The molecule has 0 amide bonds. The Morgan fingerprint density at radius 1 is 1.10 bits per heavy atom. The third kappa shape index (κ3) is 5.29. The van der Waals surface area contributed by atoms with Crippen LogP contribution >= 0.6 is 22.9 Å². The van der Waals surface area contributed by atoms with Gasteiger partial charge in [-0.15, -0.1) is 0 Å². The largest absolute Gasteiger partial charge is 0.496 e. The van der Waals surface area contributed by atoms with Crippen molar-refractivity contribution in [2.75, 3.05) is 7.11 Å². The maximum atomic E-state index is 14.1. The maximum Gasteiger partial charge on any atom is 0.338 e. The first-order valence-electron chi connectivity index (χ1n) is 13.3. The molecule has 4 aromatic rings. The predicted octanol–water partition coefficient (Wildman–Crippen LogP) is 5.56. The van der Waals surface area contributed by atoms with E-state index in [-0.39, 0.29) is 17.2 Å². The van der Waals surface area contributed by atoms with Gasteiger partial charge < -0.3 is 14.0 Å². The molecule has 41 heavy (non-hydrogen) atoms. The Morgan fingerprint density at radius 2 is 1.85 bits per heavy atom. The van der Waals surface area contributed by atoms with Gasteiger partial charge in [-0.3, -0.25) is 9.36 Å². The lowest BCUT2D eigenvalue weighted by Gasteiger charge is -2.26. The van der Waals surface area contributed by atoms with Crippen molar-refractivity contribution in [3.8, 4) is 11.4 Å². The van der Waals surface area contributed by atoms with Gasteiger partial charge in [-0.1, -0.05) is 35.1 Å². The monoisotopic (exact) mass is 589 g/mol. The van der Waals surface area contributed by atoms with E-state index in [1.807, 2.05) is 19.1 Å². The topological polar surface area (TPSA) is 74.8 Å². The maximum absolute atomic E-state index is 14.1. The van der Waals surface area contributed by atoms with Crippen LogP contribution < -0.4 is 19.6 Å². The number of carbonyl (C=O) groups excluding carboxylic acids is 1. The van der Waals surface area contributed by atoms with E-state index in [0.29, 0.717) is 31.4 Å². The van der Waals surface area contributed by atoms with Crippen LogP contribution in [-0.2, 0) is 9.53 Å². The molecule has 0 N–H and O–H groups in total. The highest BCUT2D eigenvalue weighted by atomic mass is 35.5. The fourth-order valence-electron chi connectivity index (χ4n) is 5.31. The van der Waals surface area contributed by atoms with Crippen molar-refractivity contribution < 1.29 is 14.3 Å². The summed E-state index contributed by atoms with van der Waals surface area (Å²) in [6.45, 7) is 11.5. The van der Waals surface area contributed by atoms with Crippen LogP contribution in [0.2, 0.25) is 5.02 Å². The second-order valence-corrected chi connectivity index (χ2v) is 11.9. The number of hydrogen-bond donors (Lipinski definition) is 0. The van der Waals surface area contributed by atoms with Crippen LogP contribution in [-0.4, -0.2) is 28.3 Å². The Hall–Kier alpha value is -3.88. The van der Waals surface area contributed by atoms with Crippen molar-refractivity contribution in [2.24, 2.45) is 4.99 Å². The highest BCUT2D eigenvalue weighted by Crippen LogP contribution is 2.37. The molecule has 0 fully saturated rings. The van der Waals surface area contributed by atoms with E-state index in [1.54, 1.807) is 50.6 Å². The summed E-state index contributed by atoms with van der Waals surface area (Å²) in [5.74, 6) is -0.0375. The summed E-state index contributed by atoms with van der Waals surface area (Å²) >= 11 is 7.70. The number of benzene rings is 2. The van der Waals surface area contributed by atoms with Gasteiger partial charge in [0.1, 0.15) is 11.8 Å². The van der Waals surface area contributed by atoms with Crippen LogP contribution in [0.3, 0.4) is 0 Å². The summed E-state index contributed by atoms with van der Waals surface area (Å²) in [6.07, 6.45) is 1.55. The standard InChI is InChI=1S/C32H32ClN3O4S/c1-17(2)40-31(38)28-20(5)34-32-36(29(28)25-16-23(33)11-12-26(25)39-7)30(37)27(41-32)15-22-14-19(4)35(21(22)6)24-10-8-9-18(3)13-24/h8-17,29H,1-7H3/b27-15-/t29-/m0/s1. The Bertz CT molecular complexity index is 1890. The van der Waals surface area contributed by atoms with Crippen molar-refractivity contribution in [3.63, 3.8) is 0 Å². The number of carbonyl (C=O) groups is 1. The molecule has 0 saturated carbocycles. The molecule has 0 spiro atoms. The summed E-state index contributed by atoms with van der Waals surface area (Å²) in [5, 5.41) is 0.456. The average Bonchev–Trinajstić information content (AvgIpc) is 3.36. The van der Waals surface area contributed by atoms with Gasteiger partial charge in [-0.05, 0) is 95.1 Å². The van der Waals surface area contributed by atoms with E-state index in [9.17, 15) is 9.59 Å². The van der Waals surface area contributed by atoms with Crippen molar-refractivity contribution in [3.05, 3.63) is 113 Å². The highest BCUT2D eigenvalue weighted by Gasteiger charge is 2.35. The first-order valence-corrected chi connectivity index (χ1v) is 14.5. The molecule has 3 heterocycles. The van der Waals surface area contributed by atoms with E-state index in [4.69, 9.17) is 26.1 Å². The lowest BCUT2D eigenvalue weighted by molar-refractivity contribution is -0.143. The fourth-order valence-corrected chi connectivity index (χ4v) is 6.53. The van der Waals surface area contributed by atoms with E-state index in [0.717, 1.165) is 22.6 Å². The lowest BCUT2D eigenvalue weighted by atomic mass is 9.95. The Kier molecular flexibility index (Phi) is 7.81. The van der Waals surface area contributed by atoms with Crippen molar-refractivity contribution >= 4 is 35.0 Å². The van der Waals surface area contributed by atoms with Gasteiger partial charge in [-0.25, -0.2) is 9.79 Å². The smallest absolute Gasteiger partial charge is 0.338 e. The number of methoxy groups -OCH3 is 1. The van der Waals surface area contributed by atoms with Crippen molar-refractivity contribution in [1.29, 1.82) is 0 Å². The molecule has 1 aliphatic heterocycles. The average molecular weight is 590 g/mol. The molecule has 2 aromatic heterocycles. The molecule has 1 aliphatic rings. The Labute approximate surface area is 247 Å². The molecule has 0 aliphatic carbocycles. The molecule has 0 bridgehead atoms. The number of thiazole rings is 1.